The predicted octanol–water partition coefficient (Wildman–Crippen LogP) is 6.84. The molecule has 0 unspecified atom stereocenters. The first-order valence-electron chi connectivity index (χ1n) is 14.2. The minimum absolute atomic E-state index is 0.104. The molecule has 44 heavy (non-hydrogen) atoms. The van der Waals surface area contributed by atoms with Gasteiger partial charge in [0, 0.05) is 5.56 Å². The molecule has 1 aliphatic rings. The van der Waals surface area contributed by atoms with E-state index in [0.29, 0.717) is 38.5 Å². The lowest BCUT2D eigenvalue weighted by Crippen LogP contribution is -2.40. The van der Waals surface area contributed by atoms with Crippen LogP contribution in [0.1, 0.15) is 56.0 Å². The Morgan fingerprint density at radius 3 is 2.55 bits per heavy atom. The second kappa shape index (κ2) is 13.8. The molecule has 4 aromatic rings. The molecule has 2 heterocycles. The van der Waals surface area contributed by atoms with Gasteiger partial charge in [0.15, 0.2) is 4.80 Å². The van der Waals surface area contributed by atoms with Gasteiger partial charge in [-0.1, -0.05) is 59.4 Å². The molecule has 3 aromatic carbocycles. The molecule has 7 nitrogen and oxygen atoms in total. The zero-order valence-corrected chi connectivity index (χ0v) is 29.6. The summed E-state index contributed by atoms with van der Waals surface area (Å²) in [7, 11) is 0. The van der Waals surface area contributed by atoms with Gasteiger partial charge in [0.25, 0.3) is 5.56 Å². The van der Waals surface area contributed by atoms with Crippen LogP contribution in [0, 0.1) is 10.5 Å². The number of carbonyl (C=O) groups excluding carboxylic acids is 1. The summed E-state index contributed by atoms with van der Waals surface area (Å²) in [6.45, 7) is 10.1. The Morgan fingerprint density at radius 1 is 1.14 bits per heavy atom. The molecule has 1 aliphatic heterocycles. The van der Waals surface area contributed by atoms with Gasteiger partial charge in [0.2, 0.25) is 0 Å². The summed E-state index contributed by atoms with van der Waals surface area (Å²) >= 11 is 7.19. The Balaban J connectivity index is 1.58. The quantitative estimate of drug-likeness (QED) is 0.137. The van der Waals surface area contributed by atoms with E-state index < -0.39 is 12.0 Å². The van der Waals surface area contributed by atoms with Gasteiger partial charge in [-0.05, 0) is 109 Å². The SMILES string of the molecule is CCOC(=O)C1=C(C)N=c2s/c(=C/c3cc(Br)c(OCc4ccc(C)cc4)c(I)c3)c(=O)n2[C@H]1c1ccccc1OC(C)C. The molecule has 0 saturated heterocycles. The maximum absolute atomic E-state index is 14.1. The number of allylic oxidation sites excluding steroid dienone is 1. The molecule has 0 amide bonds. The normalized spacial score (nSPS) is 14.8. The number of aryl methyl sites for hydroxylation is 1. The number of rotatable bonds is 9. The van der Waals surface area contributed by atoms with Gasteiger partial charge >= 0.3 is 5.97 Å². The molecule has 1 aromatic heterocycles. The zero-order valence-electron chi connectivity index (χ0n) is 25.0. The second-order valence-corrected chi connectivity index (χ2v) is 13.6. The van der Waals surface area contributed by atoms with Gasteiger partial charge < -0.3 is 14.2 Å². The number of benzene rings is 3. The van der Waals surface area contributed by atoms with E-state index in [2.05, 4.69) is 69.7 Å². The fourth-order valence-corrected chi connectivity index (χ4v) is 7.76. The number of nitrogens with zero attached hydrogens (tertiary/aromatic N) is 2. The van der Waals surface area contributed by atoms with Crippen molar-refractivity contribution in [2.45, 2.75) is 53.4 Å². The van der Waals surface area contributed by atoms with Crippen LogP contribution in [0.4, 0.5) is 0 Å². The maximum atomic E-state index is 14.1. The Hall–Kier alpha value is -3.22. The summed E-state index contributed by atoms with van der Waals surface area (Å²) in [4.78, 5) is 32.6. The van der Waals surface area contributed by atoms with Crippen LogP contribution < -0.4 is 24.4 Å². The average molecular weight is 788 g/mol. The van der Waals surface area contributed by atoms with Crippen LogP contribution in [-0.4, -0.2) is 23.2 Å². The highest BCUT2D eigenvalue weighted by Crippen LogP contribution is 2.36. The summed E-state index contributed by atoms with van der Waals surface area (Å²) in [5.41, 5.74) is 4.38. The van der Waals surface area contributed by atoms with Gasteiger partial charge in [-0.25, -0.2) is 9.79 Å². The van der Waals surface area contributed by atoms with Gasteiger partial charge in [-0.15, -0.1) is 0 Å². The Morgan fingerprint density at radius 2 is 1.86 bits per heavy atom. The molecular formula is C34H32BrIN2O5S. The monoisotopic (exact) mass is 786 g/mol. The van der Waals surface area contributed by atoms with Gasteiger partial charge in [-0.3, -0.25) is 9.36 Å². The van der Waals surface area contributed by atoms with Crippen molar-refractivity contribution in [3.8, 4) is 11.5 Å². The molecule has 10 heteroatoms. The van der Waals surface area contributed by atoms with Crippen molar-refractivity contribution < 1.29 is 19.0 Å². The Kier molecular flexibility index (Phi) is 10.1. The van der Waals surface area contributed by atoms with Crippen LogP contribution in [-0.2, 0) is 16.1 Å². The predicted molar refractivity (Wildman–Crippen MR) is 185 cm³/mol. The summed E-state index contributed by atoms with van der Waals surface area (Å²) in [6, 6.07) is 18.9. The highest BCUT2D eigenvalue weighted by Gasteiger charge is 2.35. The van der Waals surface area contributed by atoms with Gasteiger partial charge in [0.05, 0.1) is 36.6 Å². The standard InChI is InChI=1S/C34H32BrIN2O5S/c1-6-41-33(40)29-21(5)37-34-38(30(29)24-9-7-8-10-27(24)43-19(2)3)32(39)28(44-34)17-23-15-25(35)31(26(36)16-23)42-18-22-13-11-20(4)12-14-22/h7-17,19,30H,6,18H2,1-5H3/b28-17+/t30-/m0/s1. The number of fused-ring (bicyclic) bond motifs is 1. The molecule has 1 atom stereocenters. The van der Waals surface area contributed by atoms with Crippen molar-refractivity contribution in [2.75, 3.05) is 6.61 Å². The highest BCUT2D eigenvalue weighted by atomic mass is 127. The van der Waals surface area contributed by atoms with Gasteiger partial charge in [-0.2, -0.15) is 0 Å². The van der Waals surface area contributed by atoms with Crippen molar-refractivity contribution in [1.29, 1.82) is 0 Å². The van der Waals surface area contributed by atoms with E-state index in [-0.39, 0.29) is 18.3 Å². The number of para-hydroxylation sites is 1. The van der Waals surface area contributed by atoms with Crippen molar-refractivity contribution in [1.82, 2.24) is 4.57 Å². The number of halogens is 2. The van der Waals surface area contributed by atoms with E-state index >= 15 is 0 Å². The molecule has 228 valence electrons. The largest absolute Gasteiger partial charge is 0.491 e. The van der Waals surface area contributed by atoms with E-state index in [1.807, 2.05) is 56.3 Å². The number of esters is 1. The van der Waals surface area contributed by atoms with Crippen molar-refractivity contribution in [3.05, 3.63) is 122 Å². The van der Waals surface area contributed by atoms with Crippen molar-refractivity contribution in [2.24, 2.45) is 4.99 Å². The maximum Gasteiger partial charge on any atom is 0.338 e. The van der Waals surface area contributed by atoms with Crippen LogP contribution in [0.25, 0.3) is 6.08 Å². The molecule has 0 fully saturated rings. The van der Waals surface area contributed by atoms with E-state index in [1.54, 1.807) is 18.4 Å². The number of hydrogen-bond donors (Lipinski definition) is 0. The second-order valence-electron chi connectivity index (χ2n) is 10.6. The van der Waals surface area contributed by atoms with E-state index in [0.717, 1.165) is 24.9 Å². The number of thiazole rings is 1. The first kappa shape index (κ1) is 32.2. The summed E-state index contributed by atoms with van der Waals surface area (Å²) in [5.74, 6) is 0.826. The smallest absolute Gasteiger partial charge is 0.338 e. The van der Waals surface area contributed by atoms with Gasteiger partial charge in [0.1, 0.15) is 24.1 Å². The van der Waals surface area contributed by atoms with Crippen LogP contribution in [0.2, 0.25) is 0 Å². The number of hydrogen-bond acceptors (Lipinski definition) is 7. The average Bonchev–Trinajstić information content (AvgIpc) is 3.26. The first-order valence-corrected chi connectivity index (χ1v) is 16.9. The van der Waals surface area contributed by atoms with Crippen molar-refractivity contribution >= 4 is 61.9 Å². The molecule has 0 radical (unpaired) electrons. The van der Waals surface area contributed by atoms with E-state index in [1.165, 1.54) is 16.9 Å². The minimum Gasteiger partial charge on any atom is -0.491 e. The molecule has 0 aliphatic carbocycles. The Labute approximate surface area is 282 Å². The number of carbonyl (C=O) groups is 1. The number of aromatic nitrogens is 1. The highest BCUT2D eigenvalue weighted by molar-refractivity contribution is 14.1. The molecule has 0 bridgehead atoms. The van der Waals surface area contributed by atoms with Crippen LogP contribution in [0.3, 0.4) is 0 Å². The topological polar surface area (TPSA) is 79.1 Å². The minimum atomic E-state index is -0.758. The Bertz CT molecular complexity index is 1910. The number of ether oxygens (including phenoxy) is 3. The third-order valence-electron chi connectivity index (χ3n) is 6.92. The zero-order chi connectivity index (χ0) is 31.5. The van der Waals surface area contributed by atoms with E-state index in [9.17, 15) is 9.59 Å². The summed E-state index contributed by atoms with van der Waals surface area (Å²) in [5, 5.41) is 0. The third kappa shape index (κ3) is 6.87. The first-order chi connectivity index (χ1) is 21.1. The summed E-state index contributed by atoms with van der Waals surface area (Å²) < 4.78 is 21.5. The lowest BCUT2D eigenvalue weighted by atomic mass is 9.95. The molecule has 0 N–H and O–H groups in total. The van der Waals surface area contributed by atoms with Crippen LogP contribution in [0.15, 0.2) is 86.2 Å². The molecular weight excluding hydrogens is 755 g/mol. The molecule has 5 rings (SSSR count). The molecule has 0 spiro atoms. The van der Waals surface area contributed by atoms with Crippen LogP contribution in [0.5, 0.6) is 11.5 Å². The molecule has 0 saturated carbocycles. The third-order valence-corrected chi connectivity index (χ3v) is 9.29. The summed E-state index contributed by atoms with van der Waals surface area (Å²) in [6.07, 6.45) is 1.74. The lowest BCUT2D eigenvalue weighted by molar-refractivity contribution is -0.139. The van der Waals surface area contributed by atoms with Crippen LogP contribution >= 0.6 is 49.9 Å². The van der Waals surface area contributed by atoms with Crippen molar-refractivity contribution in [3.63, 3.8) is 0 Å². The fraction of sp³-hybridized carbons (Fsp3) is 0.265. The van der Waals surface area contributed by atoms with E-state index in [4.69, 9.17) is 19.2 Å². The lowest BCUT2D eigenvalue weighted by Gasteiger charge is -2.26. The fourth-order valence-electron chi connectivity index (χ4n) is 4.95.